The Hall–Kier alpha value is -1.63. The van der Waals surface area contributed by atoms with E-state index in [9.17, 15) is 17.6 Å². The number of nitrogens with zero attached hydrogens (tertiary/aromatic N) is 1. The Labute approximate surface area is 123 Å². The first-order valence-electron chi connectivity index (χ1n) is 6.57. The molecule has 2 rings (SSSR count). The van der Waals surface area contributed by atoms with Crippen LogP contribution < -0.4 is 4.74 Å². The molecule has 1 aromatic carbocycles. The molecular weight excluding hydrogens is 297 g/mol. The predicted octanol–water partition coefficient (Wildman–Crippen LogP) is 1.24. The maximum atomic E-state index is 12.8. The molecule has 21 heavy (non-hydrogen) atoms. The lowest BCUT2D eigenvalue weighted by Gasteiger charge is -2.34. The average Bonchev–Trinajstić information content (AvgIpc) is 2.72. The van der Waals surface area contributed by atoms with Crippen molar-refractivity contribution in [3.63, 3.8) is 0 Å². The highest BCUT2D eigenvalue weighted by molar-refractivity contribution is 7.91. The summed E-state index contributed by atoms with van der Waals surface area (Å²) in [5, 5.41) is 0. The van der Waals surface area contributed by atoms with Crippen LogP contribution in [0.3, 0.4) is 0 Å². The smallest absolute Gasteiger partial charge is 0.260 e. The zero-order valence-corrected chi connectivity index (χ0v) is 12.8. The van der Waals surface area contributed by atoms with Crippen molar-refractivity contribution in [3.8, 4) is 5.75 Å². The van der Waals surface area contributed by atoms with Crippen LogP contribution in [0.1, 0.15) is 13.3 Å². The third-order valence-corrected chi connectivity index (χ3v) is 5.73. The molecule has 1 aliphatic heterocycles. The van der Waals surface area contributed by atoms with E-state index in [1.807, 2.05) is 0 Å². The number of likely N-dealkylation sites (N-methyl/N-ethyl adjacent to an activating group) is 1. The van der Waals surface area contributed by atoms with Crippen LogP contribution in [0.25, 0.3) is 0 Å². The van der Waals surface area contributed by atoms with Gasteiger partial charge in [0.05, 0.1) is 17.0 Å². The molecule has 0 aromatic heterocycles. The molecule has 0 aliphatic carbocycles. The molecule has 116 valence electrons. The van der Waals surface area contributed by atoms with E-state index in [0.717, 1.165) is 0 Å². The van der Waals surface area contributed by atoms with Crippen molar-refractivity contribution < 1.29 is 22.3 Å². The van der Waals surface area contributed by atoms with Crippen molar-refractivity contribution in [1.29, 1.82) is 0 Å². The van der Waals surface area contributed by atoms with Crippen LogP contribution in [-0.2, 0) is 14.6 Å². The molecule has 7 heteroatoms. The second-order valence-electron chi connectivity index (χ2n) is 5.53. The van der Waals surface area contributed by atoms with Gasteiger partial charge in [-0.2, -0.15) is 0 Å². The summed E-state index contributed by atoms with van der Waals surface area (Å²) in [5.74, 6) is -0.227. The molecule has 5 nitrogen and oxygen atoms in total. The second kappa shape index (κ2) is 5.63. The summed E-state index contributed by atoms with van der Waals surface area (Å²) in [5.41, 5.74) is -0.692. The van der Waals surface area contributed by atoms with Gasteiger partial charge in [-0.15, -0.1) is 0 Å². The zero-order chi connectivity index (χ0) is 15.7. The summed E-state index contributed by atoms with van der Waals surface area (Å²) in [6, 6.07) is 5.36. The summed E-state index contributed by atoms with van der Waals surface area (Å²) in [6.07, 6.45) is 0.425. The van der Waals surface area contributed by atoms with E-state index in [1.54, 1.807) is 14.0 Å². The molecule has 1 aromatic rings. The van der Waals surface area contributed by atoms with E-state index in [2.05, 4.69) is 0 Å². The van der Waals surface area contributed by atoms with Crippen molar-refractivity contribution in [1.82, 2.24) is 4.90 Å². The summed E-state index contributed by atoms with van der Waals surface area (Å²) in [6.45, 7) is 1.55. The van der Waals surface area contributed by atoms with E-state index in [4.69, 9.17) is 4.74 Å². The largest absolute Gasteiger partial charge is 0.484 e. The number of amides is 1. The number of carbonyl (C=O) groups is 1. The Kier molecular flexibility index (Phi) is 4.22. The normalized spacial score (nSPS) is 23.8. The van der Waals surface area contributed by atoms with E-state index in [-0.39, 0.29) is 29.8 Å². The first-order valence-corrected chi connectivity index (χ1v) is 8.39. The van der Waals surface area contributed by atoms with E-state index in [0.29, 0.717) is 12.2 Å². The van der Waals surface area contributed by atoms with Crippen LogP contribution in [0.5, 0.6) is 5.75 Å². The van der Waals surface area contributed by atoms with Gasteiger partial charge >= 0.3 is 0 Å². The standard InChI is InChI=1S/C14H18FNO4S/c1-14(7-8-21(18,19)10-14)16(2)13(17)9-20-12-5-3-11(15)4-6-12/h3-6H,7-10H2,1-2H3. The molecule has 1 saturated heterocycles. The first-order chi connectivity index (χ1) is 9.72. The molecule has 0 N–H and O–H groups in total. The zero-order valence-electron chi connectivity index (χ0n) is 12.0. The fourth-order valence-corrected chi connectivity index (χ4v) is 4.51. The minimum absolute atomic E-state index is 0.0290. The van der Waals surface area contributed by atoms with Gasteiger partial charge in [-0.1, -0.05) is 0 Å². The lowest BCUT2D eigenvalue weighted by molar-refractivity contribution is -0.136. The number of carbonyl (C=O) groups excluding carboxylic acids is 1. The third-order valence-electron chi connectivity index (χ3n) is 3.84. The van der Waals surface area contributed by atoms with Gasteiger partial charge in [0.25, 0.3) is 5.91 Å². The molecule has 1 amide bonds. The Morgan fingerprint density at radius 2 is 2.00 bits per heavy atom. The molecule has 1 heterocycles. The summed E-state index contributed by atoms with van der Waals surface area (Å²) in [4.78, 5) is 13.6. The first kappa shape index (κ1) is 15.8. The Balaban J connectivity index is 1.95. The quantitative estimate of drug-likeness (QED) is 0.838. The van der Waals surface area contributed by atoms with Gasteiger partial charge in [0, 0.05) is 7.05 Å². The Morgan fingerprint density at radius 1 is 1.38 bits per heavy atom. The summed E-state index contributed by atoms with van der Waals surface area (Å²) < 4.78 is 41.2. The maximum Gasteiger partial charge on any atom is 0.260 e. The number of hydrogen-bond donors (Lipinski definition) is 0. The van der Waals surface area contributed by atoms with Crippen LogP contribution >= 0.6 is 0 Å². The van der Waals surface area contributed by atoms with E-state index in [1.165, 1.54) is 29.2 Å². The highest BCUT2D eigenvalue weighted by Crippen LogP contribution is 2.28. The van der Waals surface area contributed by atoms with Crippen molar-refractivity contribution in [2.24, 2.45) is 0 Å². The minimum Gasteiger partial charge on any atom is -0.484 e. The van der Waals surface area contributed by atoms with E-state index >= 15 is 0 Å². The monoisotopic (exact) mass is 315 g/mol. The van der Waals surface area contributed by atoms with Crippen molar-refractivity contribution in [2.45, 2.75) is 18.9 Å². The molecule has 0 bridgehead atoms. The third kappa shape index (κ3) is 3.72. The van der Waals surface area contributed by atoms with E-state index < -0.39 is 15.4 Å². The van der Waals surface area contributed by atoms with Gasteiger partial charge < -0.3 is 9.64 Å². The molecule has 0 spiro atoms. The highest BCUT2D eigenvalue weighted by atomic mass is 32.2. The summed E-state index contributed by atoms with van der Waals surface area (Å²) >= 11 is 0. The molecule has 1 aliphatic rings. The van der Waals surface area contributed by atoms with Crippen LogP contribution in [0.4, 0.5) is 4.39 Å². The lowest BCUT2D eigenvalue weighted by Crippen LogP contribution is -2.49. The van der Waals surface area contributed by atoms with Gasteiger partial charge in [0.15, 0.2) is 16.4 Å². The molecule has 0 saturated carbocycles. The molecular formula is C14H18FNO4S. The van der Waals surface area contributed by atoms with Crippen LogP contribution in [0.2, 0.25) is 0 Å². The van der Waals surface area contributed by atoms with Gasteiger partial charge in [-0.3, -0.25) is 4.79 Å². The number of rotatable bonds is 4. The number of benzene rings is 1. The fourth-order valence-electron chi connectivity index (χ4n) is 2.33. The minimum atomic E-state index is -3.08. The predicted molar refractivity (Wildman–Crippen MR) is 76.3 cm³/mol. The van der Waals surface area contributed by atoms with Crippen LogP contribution in [0, 0.1) is 5.82 Å². The van der Waals surface area contributed by atoms with Crippen LogP contribution in [0.15, 0.2) is 24.3 Å². The van der Waals surface area contributed by atoms with Crippen LogP contribution in [-0.4, -0.2) is 49.9 Å². The van der Waals surface area contributed by atoms with Gasteiger partial charge in [0.2, 0.25) is 0 Å². The molecule has 1 unspecified atom stereocenters. The van der Waals surface area contributed by atoms with Crippen molar-refractivity contribution in [3.05, 3.63) is 30.1 Å². The topological polar surface area (TPSA) is 63.7 Å². The Morgan fingerprint density at radius 3 is 2.52 bits per heavy atom. The van der Waals surface area contributed by atoms with Gasteiger partial charge in [0.1, 0.15) is 11.6 Å². The molecule has 1 atom stereocenters. The SMILES string of the molecule is CN(C(=O)COc1ccc(F)cc1)C1(C)CCS(=O)(=O)C1. The lowest BCUT2D eigenvalue weighted by atomic mass is 10.00. The number of hydrogen-bond acceptors (Lipinski definition) is 4. The van der Waals surface area contributed by atoms with Crippen molar-refractivity contribution in [2.75, 3.05) is 25.2 Å². The highest BCUT2D eigenvalue weighted by Gasteiger charge is 2.43. The fraction of sp³-hybridized carbons (Fsp3) is 0.500. The van der Waals surface area contributed by atoms with Crippen molar-refractivity contribution >= 4 is 15.7 Å². The molecule has 0 radical (unpaired) electrons. The molecule has 1 fully saturated rings. The Bertz CT molecular complexity index is 629. The summed E-state index contributed by atoms with van der Waals surface area (Å²) in [7, 11) is -1.50. The maximum absolute atomic E-state index is 12.8. The second-order valence-corrected chi connectivity index (χ2v) is 7.72. The number of sulfone groups is 1. The van der Waals surface area contributed by atoms with Gasteiger partial charge in [-0.25, -0.2) is 12.8 Å². The van der Waals surface area contributed by atoms with Gasteiger partial charge in [-0.05, 0) is 37.6 Å². The average molecular weight is 315 g/mol. The number of ether oxygens (including phenoxy) is 1. The number of halogens is 1.